The van der Waals surface area contributed by atoms with Crippen LogP contribution in [0.5, 0.6) is 0 Å². The number of rotatable bonds is 5. The lowest BCUT2D eigenvalue weighted by atomic mass is 10.2. The Morgan fingerprint density at radius 3 is 2.74 bits per heavy atom. The highest BCUT2D eigenvalue weighted by Crippen LogP contribution is 2.24. The molecule has 1 heterocycles. The third-order valence-corrected chi connectivity index (χ3v) is 5.58. The zero-order valence-electron chi connectivity index (χ0n) is 10.6. The molecule has 0 unspecified atom stereocenters. The van der Waals surface area contributed by atoms with Crippen LogP contribution in [0.25, 0.3) is 0 Å². The summed E-state index contributed by atoms with van der Waals surface area (Å²) in [5.74, 6) is 0. The van der Waals surface area contributed by atoms with Crippen LogP contribution in [0.15, 0.2) is 40.6 Å². The van der Waals surface area contributed by atoms with Crippen LogP contribution in [0.1, 0.15) is 10.4 Å². The van der Waals surface area contributed by atoms with E-state index in [9.17, 15) is 8.42 Å². The van der Waals surface area contributed by atoms with Crippen LogP contribution in [0.2, 0.25) is 0 Å². The minimum atomic E-state index is -3.50. The van der Waals surface area contributed by atoms with Gasteiger partial charge in [0.1, 0.15) is 4.21 Å². The Labute approximate surface area is 117 Å². The Morgan fingerprint density at radius 2 is 2.05 bits per heavy atom. The fourth-order valence-corrected chi connectivity index (χ4v) is 4.11. The lowest BCUT2D eigenvalue weighted by molar-refractivity contribution is 0.603. The van der Waals surface area contributed by atoms with Crippen molar-refractivity contribution in [3.63, 3.8) is 0 Å². The van der Waals surface area contributed by atoms with Crippen LogP contribution >= 0.6 is 11.3 Å². The maximum absolute atomic E-state index is 12.2. The van der Waals surface area contributed by atoms with Crippen molar-refractivity contribution in [2.45, 2.75) is 17.6 Å². The van der Waals surface area contributed by atoms with E-state index in [4.69, 9.17) is 5.73 Å². The molecule has 0 saturated carbocycles. The van der Waals surface area contributed by atoms with Gasteiger partial charge in [-0.3, -0.25) is 4.72 Å². The monoisotopic (exact) mass is 296 g/mol. The molecule has 1 aromatic carbocycles. The summed E-state index contributed by atoms with van der Waals surface area (Å²) in [6, 6.07) is 10.7. The van der Waals surface area contributed by atoms with Gasteiger partial charge in [0.15, 0.2) is 0 Å². The van der Waals surface area contributed by atoms with E-state index in [1.165, 1.54) is 11.3 Å². The van der Waals surface area contributed by atoms with Gasteiger partial charge in [0, 0.05) is 10.6 Å². The van der Waals surface area contributed by atoms with Crippen LogP contribution in [-0.4, -0.2) is 15.0 Å². The summed E-state index contributed by atoms with van der Waals surface area (Å²) in [5.41, 5.74) is 7.05. The molecular weight excluding hydrogens is 280 g/mol. The summed E-state index contributed by atoms with van der Waals surface area (Å²) in [6.45, 7) is 2.44. The second kappa shape index (κ2) is 5.73. The molecule has 2 aromatic rings. The maximum atomic E-state index is 12.2. The average Bonchev–Trinajstić information content (AvgIpc) is 2.78. The first-order valence-electron chi connectivity index (χ1n) is 5.89. The molecule has 0 atom stereocenters. The van der Waals surface area contributed by atoms with Crippen LogP contribution in [0, 0.1) is 6.92 Å². The molecule has 1 aromatic heterocycles. The normalized spacial score (nSPS) is 11.5. The molecule has 0 spiro atoms. The second-order valence-electron chi connectivity index (χ2n) is 4.23. The number of nitrogens with two attached hydrogens (primary N) is 1. The minimum absolute atomic E-state index is 0.317. The Hall–Kier alpha value is -1.37. The predicted octanol–water partition coefficient (Wildman–Crippen LogP) is 2.36. The summed E-state index contributed by atoms with van der Waals surface area (Å²) < 4.78 is 27.3. The third kappa shape index (κ3) is 3.56. The SMILES string of the molecule is Cc1cccc(NS(=O)(=O)c2ccc(CCN)s2)c1. The molecule has 0 amide bonds. The Kier molecular flexibility index (Phi) is 4.24. The van der Waals surface area contributed by atoms with E-state index in [2.05, 4.69) is 4.72 Å². The van der Waals surface area contributed by atoms with Crippen LogP contribution in [0.3, 0.4) is 0 Å². The smallest absolute Gasteiger partial charge is 0.271 e. The van der Waals surface area contributed by atoms with Crippen molar-refractivity contribution in [3.8, 4) is 0 Å². The zero-order chi connectivity index (χ0) is 13.9. The standard InChI is InChI=1S/C13H16N2O2S2/c1-10-3-2-4-11(9-10)15-19(16,17)13-6-5-12(18-13)7-8-14/h2-6,9,15H,7-8,14H2,1H3. The van der Waals surface area contributed by atoms with Gasteiger partial charge in [0.05, 0.1) is 0 Å². The molecule has 0 saturated heterocycles. The molecule has 2 rings (SSSR count). The molecule has 0 aliphatic rings. The van der Waals surface area contributed by atoms with Crippen LogP contribution < -0.4 is 10.5 Å². The molecule has 102 valence electrons. The Morgan fingerprint density at radius 1 is 1.26 bits per heavy atom. The van der Waals surface area contributed by atoms with Gasteiger partial charge in [-0.25, -0.2) is 8.42 Å². The van der Waals surface area contributed by atoms with Crippen molar-refractivity contribution in [1.82, 2.24) is 0 Å². The van der Waals surface area contributed by atoms with Gasteiger partial charge in [-0.15, -0.1) is 11.3 Å². The van der Waals surface area contributed by atoms with Crippen LogP contribution in [-0.2, 0) is 16.4 Å². The first-order chi connectivity index (χ1) is 9.01. The van der Waals surface area contributed by atoms with E-state index >= 15 is 0 Å². The quantitative estimate of drug-likeness (QED) is 0.889. The highest BCUT2D eigenvalue weighted by molar-refractivity contribution is 7.94. The van der Waals surface area contributed by atoms with Crippen LogP contribution in [0.4, 0.5) is 5.69 Å². The minimum Gasteiger partial charge on any atom is -0.330 e. The molecular formula is C13H16N2O2S2. The number of benzene rings is 1. The largest absolute Gasteiger partial charge is 0.330 e. The number of anilines is 1. The first-order valence-corrected chi connectivity index (χ1v) is 8.19. The molecule has 6 heteroatoms. The van der Waals surface area contributed by atoms with Gasteiger partial charge in [-0.1, -0.05) is 12.1 Å². The summed E-state index contributed by atoms with van der Waals surface area (Å²) >= 11 is 1.26. The number of sulfonamides is 1. The predicted molar refractivity (Wildman–Crippen MR) is 79.1 cm³/mol. The van der Waals surface area contributed by atoms with Gasteiger partial charge in [0.2, 0.25) is 0 Å². The molecule has 4 nitrogen and oxygen atoms in total. The number of thiophene rings is 1. The molecule has 19 heavy (non-hydrogen) atoms. The molecule has 0 aliphatic carbocycles. The van der Waals surface area contributed by atoms with E-state index < -0.39 is 10.0 Å². The number of nitrogens with one attached hydrogen (secondary N) is 1. The van der Waals surface area contributed by atoms with Gasteiger partial charge in [-0.2, -0.15) is 0 Å². The van der Waals surface area contributed by atoms with Crippen molar-refractivity contribution in [1.29, 1.82) is 0 Å². The Bertz CT molecular complexity index is 663. The summed E-state index contributed by atoms with van der Waals surface area (Å²) in [4.78, 5) is 0.979. The van der Waals surface area contributed by atoms with E-state index in [0.29, 0.717) is 22.9 Å². The van der Waals surface area contributed by atoms with Gasteiger partial charge in [-0.05, 0) is 49.7 Å². The second-order valence-corrected chi connectivity index (χ2v) is 7.31. The molecule has 0 aliphatic heterocycles. The van der Waals surface area contributed by atoms with Crippen molar-refractivity contribution in [2.75, 3.05) is 11.3 Å². The zero-order valence-corrected chi connectivity index (χ0v) is 12.2. The maximum Gasteiger partial charge on any atom is 0.271 e. The lowest BCUT2D eigenvalue weighted by Crippen LogP contribution is -2.11. The van der Waals surface area contributed by atoms with E-state index in [0.717, 1.165) is 10.4 Å². The van der Waals surface area contributed by atoms with Crippen molar-refractivity contribution in [3.05, 3.63) is 46.8 Å². The number of hydrogen-bond acceptors (Lipinski definition) is 4. The van der Waals surface area contributed by atoms with Crippen molar-refractivity contribution in [2.24, 2.45) is 5.73 Å². The van der Waals surface area contributed by atoms with E-state index in [1.54, 1.807) is 18.2 Å². The molecule has 0 radical (unpaired) electrons. The highest BCUT2D eigenvalue weighted by atomic mass is 32.2. The molecule has 0 bridgehead atoms. The lowest BCUT2D eigenvalue weighted by Gasteiger charge is -2.06. The third-order valence-electron chi connectivity index (χ3n) is 2.56. The topological polar surface area (TPSA) is 72.2 Å². The fraction of sp³-hybridized carbons (Fsp3) is 0.231. The first kappa shape index (κ1) is 14.0. The highest BCUT2D eigenvalue weighted by Gasteiger charge is 2.16. The average molecular weight is 296 g/mol. The fourth-order valence-electron chi connectivity index (χ4n) is 1.69. The molecule has 3 N–H and O–H groups in total. The van der Waals surface area contributed by atoms with Gasteiger partial charge in [0.25, 0.3) is 10.0 Å². The van der Waals surface area contributed by atoms with Gasteiger partial charge < -0.3 is 5.73 Å². The summed E-state index contributed by atoms with van der Waals surface area (Å²) in [5, 5.41) is 0. The number of hydrogen-bond donors (Lipinski definition) is 2. The summed E-state index contributed by atoms with van der Waals surface area (Å²) in [7, 11) is -3.50. The van der Waals surface area contributed by atoms with E-state index in [1.807, 2.05) is 25.1 Å². The van der Waals surface area contributed by atoms with Crippen molar-refractivity contribution >= 4 is 27.0 Å². The van der Waals surface area contributed by atoms with Gasteiger partial charge >= 0.3 is 0 Å². The van der Waals surface area contributed by atoms with Crippen molar-refractivity contribution < 1.29 is 8.42 Å². The van der Waals surface area contributed by atoms with E-state index in [-0.39, 0.29) is 0 Å². The summed E-state index contributed by atoms with van der Waals surface area (Å²) in [6.07, 6.45) is 0.699. The Balaban J connectivity index is 2.22. The number of aryl methyl sites for hydroxylation is 1. The molecule has 0 fully saturated rings.